The normalized spacial score (nSPS) is 11.0. The van der Waals surface area contributed by atoms with E-state index in [1.807, 2.05) is 30.3 Å². The Labute approximate surface area is 163 Å². The molecular formula is C20H14F3NO5. The van der Waals surface area contributed by atoms with E-state index in [4.69, 9.17) is 9.47 Å². The number of ether oxygens (including phenoxy) is 3. The van der Waals surface area contributed by atoms with Crippen molar-refractivity contribution in [1.29, 1.82) is 0 Å². The van der Waals surface area contributed by atoms with Crippen LogP contribution in [0.5, 0.6) is 23.0 Å². The largest absolute Gasteiger partial charge is 0.573 e. The standard InChI is InChI=1S/C20H14F3NO5/c21-20(22,23)29-17-10-11-19(18(12-17)24(25)26)28-16-8-6-15(7-9-16)27-13-14-4-2-1-3-5-14/h1-12H,13H2. The smallest absolute Gasteiger partial charge is 0.489 e. The van der Waals surface area contributed by atoms with Gasteiger partial charge in [0, 0.05) is 0 Å². The third kappa shape index (κ3) is 5.86. The fourth-order valence-corrected chi connectivity index (χ4v) is 2.40. The molecule has 0 amide bonds. The highest BCUT2D eigenvalue weighted by molar-refractivity contribution is 5.52. The van der Waals surface area contributed by atoms with Crippen molar-refractivity contribution < 1.29 is 32.3 Å². The Morgan fingerprint density at radius 2 is 1.48 bits per heavy atom. The predicted octanol–water partition coefficient (Wildman–Crippen LogP) is 5.86. The van der Waals surface area contributed by atoms with Crippen LogP contribution in [0.25, 0.3) is 0 Å². The molecule has 0 heterocycles. The molecule has 0 unspecified atom stereocenters. The van der Waals surface area contributed by atoms with E-state index in [0.717, 1.165) is 17.7 Å². The van der Waals surface area contributed by atoms with Crippen molar-refractivity contribution in [2.24, 2.45) is 0 Å². The van der Waals surface area contributed by atoms with Crippen LogP contribution in [0, 0.1) is 10.1 Å². The Bertz CT molecular complexity index is 976. The number of rotatable bonds is 7. The summed E-state index contributed by atoms with van der Waals surface area (Å²) in [4.78, 5) is 10.3. The quantitative estimate of drug-likeness (QED) is 0.363. The second-order valence-corrected chi connectivity index (χ2v) is 5.78. The molecule has 0 fully saturated rings. The summed E-state index contributed by atoms with van der Waals surface area (Å²) < 4.78 is 51.7. The fraction of sp³-hybridized carbons (Fsp3) is 0.100. The Balaban J connectivity index is 1.69. The van der Waals surface area contributed by atoms with Crippen LogP contribution in [0.2, 0.25) is 0 Å². The van der Waals surface area contributed by atoms with E-state index in [-0.39, 0.29) is 11.5 Å². The second kappa shape index (κ2) is 8.51. The van der Waals surface area contributed by atoms with E-state index in [9.17, 15) is 23.3 Å². The molecule has 0 aromatic heterocycles. The first kappa shape index (κ1) is 20.0. The topological polar surface area (TPSA) is 70.8 Å². The highest BCUT2D eigenvalue weighted by Gasteiger charge is 2.32. The number of halogens is 3. The molecule has 0 aliphatic rings. The summed E-state index contributed by atoms with van der Waals surface area (Å²) in [6.07, 6.45) is -4.95. The van der Waals surface area contributed by atoms with Crippen molar-refractivity contribution >= 4 is 5.69 Å². The number of benzene rings is 3. The highest BCUT2D eigenvalue weighted by Crippen LogP contribution is 2.36. The Morgan fingerprint density at radius 3 is 2.10 bits per heavy atom. The maximum atomic E-state index is 12.3. The van der Waals surface area contributed by atoms with E-state index in [1.54, 1.807) is 12.1 Å². The number of hydrogen-bond acceptors (Lipinski definition) is 5. The minimum absolute atomic E-state index is 0.220. The first-order valence-electron chi connectivity index (χ1n) is 8.29. The van der Waals surface area contributed by atoms with Gasteiger partial charge in [0.05, 0.1) is 11.0 Å². The average Bonchev–Trinajstić information content (AvgIpc) is 2.68. The molecule has 150 valence electrons. The van der Waals surface area contributed by atoms with Gasteiger partial charge in [0.15, 0.2) is 0 Å². The van der Waals surface area contributed by atoms with Crippen molar-refractivity contribution in [2.75, 3.05) is 0 Å². The van der Waals surface area contributed by atoms with Gasteiger partial charge in [-0.05, 0) is 42.0 Å². The number of nitro benzene ring substituents is 1. The lowest BCUT2D eigenvalue weighted by Crippen LogP contribution is -2.17. The molecule has 0 radical (unpaired) electrons. The third-order valence-electron chi connectivity index (χ3n) is 3.66. The Kier molecular flexibility index (Phi) is 5.87. The highest BCUT2D eigenvalue weighted by atomic mass is 19.4. The van der Waals surface area contributed by atoms with Gasteiger partial charge in [-0.3, -0.25) is 10.1 Å². The van der Waals surface area contributed by atoms with Crippen LogP contribution in [-0.4, -0.2) is 11.3 Å². The number of hydrogen-bond donors (Lipinski definition) is 0. The monoisotopic (exact) mass is 405 g/mol. The van der Waals surface area contributed by atoms with Gasteiger partial charge in [-0.15, -0.1) is 13.2 Å². The predicted molar refractivity (Wildman–Crippen MR) is 97.1 cm³/mol. The van der Waals surface area contributed by atoms with Gasteiger partial charge in [0.2, 0.25) is 5.75 Å². The summed E-state index contributed by atoms with van der Waals surface area (Å²) in [5, 5.41) is 11.2. The zero-order valence-electron chi connectivity index (χ0n) is 14.8. The molecule has 6 nitrogen and oxygen atoms in total. The second-order valence-electron chi connectivity index (χ2n) is 5.78. The summed E-state index contributed by atoms with van der Waals surface area (Å²) in [5.41, 5.74) is 0.334. The van der Waals surface area contributed by atoms with Crippen LogP contribution < -0.4 is 14.2 Å². The lowest BCUT2D eigenvalue weighted by atomic mass is 10.2. The molecular weight excluding hydrogens is 391 g/mol. The van der Waals surface area contributed by atoms with Crippen LogP contribution in [0.3, 0.4) is 0 Å². The molecule has 9 heteroatoms. The van der Waals surface area contributed by atoms with Crippen molar-refractivity contribution in [3.05, 3.63) is 88.5 Å². The van der Waals surface area contributed by atoms with Gasteiger partial charge in [0.1, 0.15) is 23.9 Å². The van der Waals surface area contributed by atoms with E-state index in [0.29, 0.717) is 18.4 Å². The molecule has 0 saturated heterocycles. The van der Waals surface area contributed by atoms with Crippen LogP contribution in [-0.2, 0) is 6.61 Å². The molecule has 0 aliphatic carbocycles. The van der Waals surface area contributed by atoms with Crippen LogP contribution >= 0.6 is 0 Å². The maximum absolute atomic E-state index is 12.3. The molecule has 0 aliphatic heterocycles. The molecule has 3 aromatic carbocycles. The molecule has 0 spiro atoms. The van der Waals surface area contributed by atoms with Gasteiger partial charge in [-0.1, -0.05) is 30.3 Å². The summed E-state index contributed by atoms with van der Waals surface area (Å²) >= 11 is 0. The zero-order chi connectivity index (χ0) is 20.9. The van der Waals surface area contributed by atoms with Gasteiger partial charge >= 0.3 is 12.0 Å². The third-order valence-corrected chi connectivity index (χ3v) is 3.66. The molecule has 0 atom stereocenters. The Morgan fingerprint density at radius 1 is 0.862 bits per heavy atom. The van der Waals surface area contributed by atoms with Crippen molar-refractivity contribution in [3.63, 3.8) is 0 Å². The van der Waals surface area contributed by atoms with E-state index < -0.39 is 22.7 Å². The van der Waals surface area contributed by atoms with Crippen LogP contribution in [0.15, 0.2) is 72.8 Å². The van der Waals surface area contributed by atoms with Crippen LogP contribution in [0.1, 0.15) is 5.56 Å². The summed E-state index contributed by atoms with van der Waals surface area (Å²) in [6, 6.07) is 18.5. The number of nitrogens with zero attached hydrogens (tertiary/aromatic N) is 1. The molecule has 0 bridgehead atoms. The van der Waals surface area contributed by atoms with E-state index >= 15 is 0 Å². The van der Waals surface area contributed by atoms with Crippen molar-refractivity contribution in [3.8, 4) is 23.0 Å². The average molecular weight is 405 g/mol. The zero-order valence-corrected chi connectivity index (χ0v) is 14.8. The SMILES string of the molecule is O=[N+]([O-])c1cc(OC(F)(F)F)ccc1Oc1ccc(OCc2ccccc2)cc1. The first-order valence-corrected chi connectivity index (χ1v) is 8.29. The molecule has 0 saturated carbocycles. The fourth-order valence-electron chi connectivity index (χ4n) is 2.40. The first-order chi connectivity index (χ1) is 13.8. The molecule has 0 N–H and O–H groups in total. The molecule has 3 rings (SSSR count). The molecule has 3 aromatic rings. The van der Waals surface area contributed by atoms with Gasteiger partial charge in [0.25, 0.3) is 0 Å². The number of alkyl halides is 3. The summed E-state index contributed by atoms with van der Waals surface area (Å²) in [5.74, 6) is -0.113. The maximum Gasteiger partial charge on any atom is 0.573 e. The van der Waals surface area contributed by atoms with Crippen molar-refractivity contribution in [1.82, 2.24) is 0 Å². The van der Waals surface area contributed by atoms with Gasteiger partial charge in [-0.25, -0.2) is 0 Å². The lowest BCUT2D eigenvalue weighted by molar-refractivity contribution is -0.385. The lowest BCUT2D eigenvalue weighted by Gasteiger charge is -2.11. The summed E-state index contributed by atoms with van der Waals surface area (Å²) in [7, 11) is 0. The Hall–Kier alpha value is -3.75. The minimum atomic E-state index is -4.95. The van der Waals surface area contributed by atoms with Crippen LogP contribution in [0.4, 0.5) is 18.9 Å². The number of nitro groups is 1. The van der Waals surface area contributed by atoms with E-state index in [2.05, 4.69) is 4.74 Å². The van der Waals surface area contributed by atoms with Gasteiger partial charge < -0.3 is 14.2 Å². The summed E-state index contributed by atoms with van der Waals surface area (Å²) in [6.45, 7) is 0.368. The molecule has 29 heavy (non-hydrogen) atoms. The minimum Gasteiger partial charge on any atom is -0.489 e. The van der Waals surface area contributed by atoms with Gasteiger partial charge in [-0.2, -0.15) is 0 Å². The van der Waals surface area contributed by atoms with E-state index in [1.165, 1.54) is 12.1 Å². The van der Waals surface area contributed by atoms with Crippen molar-refractivity contribution in [2.45, 2.75) is 13.0 Å².